The van der Waals surface area contributed by atoms with Gasteiger partial charge in [0.05, 0.1) is 4.47 Å². The summed E-state index contributed by atoms with van der Waals surface area (Å²) in [4.78, 5) is 0. The Kier molecular flexibility index (Phi) is 5.15. The molecule has 0 spiro atoms. The molecule has 0 saturated carbocycles. The molecule has 4 heteroatoms. The van der Waals surface area contributed by atoms with Crippen LogP contribution in [-0.4, -0.2) is 6.54 Å². The van der Waals surface area contributed by atoms with Gasteiger partial charge in [0, 0.05) is 6.54 Å². The lowest BCUT2D eigenvalue weighted by Gasteiger charge is -2.10. The molecule has 0 amide bonds. The Morgan fingerprint density at radius 3 is 2.65 bits per heavy atom. The standard InChI is InChI=1S/C16H17BrFNO/c1-3-19-10-12-4-7-16(14(17)9-12)20-13-5-6-15(18)11(2)8-13/h4-9,19H,3,10H2,1-2H3. The lowest BCUT2D eigenvalue weighted by Crippen LogP contribution is -2.11. The molecular weight excluding hydrogens is 321 g/mol. The average Bonchev–Trinajstić information content (AvgIpc) is 2.43. The Morgan fingerprint density at radius 1 is 1.20 bits per heavy atom. The molecule has 1 N–H and O–H groups in total. The number of hydrogen-bond donors (Lipinski definition) is 1. The second-order valence-electron chi connectivity index (χ2n) is 4.56. The lowest BCUT2D eigenvalue weighted by atomic mass is 10.2. The Hall–Kier alpha value is -1.39. The zero-order valence-electron chi connectivity index (χ0n) is 11.5. The largest absolute Gasteiger partial charge is 0.456 e. The molecule has 2 rings (SSSR count). The molecule has 106 valence electrons. The molecule has 2 nitrogen and oxygen atoms in total. The van der Waals surface area contributed by atoms with E-state index in [1.807, 2.05) is 18.2 Å². The highest BCUT2D eigenvalue weighted by molar-refractivity contribution is 9.10. The summed E-state index contributed by atoms with van der Waals surface area (Å²) < 4.78 is 19.9. The first kappa shape index (κ1) is 15.0. The van der Waals surface area contributed by atoms with E-state index >= 15 is 0 Å². The van der Waals surface area contributed by atoms with Crippen molar-refractivity contribution in [3.8, 4) is 11.5 Å². The van der Waals surface area contributed by atoms with E-state index in [1.165, 1.54) is 11.6 Å². The predicted molar refractivity (Wildman–Crippen MR) is 82.7 cm³/mol. The van der Waals surface area contributed by atoms with Crippen LogP contribution in [0.3, 0.4) is 0 Å². The van der Waals surface area contributed by atoms with Gasteiger partial charge in [0.15, 0.2) is 0 Å². The normalized spacial score (nSPS) is 10.6. The van der Waals surface area contributed by atoms with Gasteiger partial charge in [-0.1, -0.05) is 13.0 Å². The van der Waals surface area contributed by atoms with E-state index in [0.29, 0.717) is 11.3 Å². The van der Waals surface area contributed by atoms with Crippen molar-refractivity contribution in [3.05, 3.63) is 57.8 Å². The van der Waals surface area contributed by atoms with Crippen LogP contribution in [0.2, 0.25) is 0 Å². The van der Waals surface area contributed by atoms with Crippen molar-refractivity contribution in [2.75, 3.05) is 6.54 Å². The van der Waals surface area contributed by atoms with Crippen molar-refractivity contribution < 1.29 is 9.13 Å². The molecule has 0 bridgehead atoms. The van der Waals surface area contributed by atoms with Gasteiger partial charge >= 0.3 is 0 Å². The molecule has 0 aliphatic rings. The maximum atomic E-state index is 13.2. The molecule has 0 aliphatic carbocycles. The molecule has 20 heavy (non-hydrogen) atoms. The fourth-order valence-corrected chi connectivity index (χ4v) is 2.32. The van der Waals surface area contributed by atoms with E-state index < -0.39 is 0 Å². The summed E-state index contributed by atoms with van der Waals surface area (Å²) in [5, 5.41) is 3.27. The predicted octanol–water partition coefficient (Wildman–Crippen LogP) is 4.80. The van der Waals surface area contributed by atoms with Gasteiger partial charge in [-0.3, -0.25) is 0 Å². The van der Waals surface area contributed by atoms with Crippen molar-refractivity contribution >= 4 is 15.9 Å². The minimum absolute atomic E-state index is 0.225. The van der Waals surface area contributed by atoms with Crippen molar-refractivity contribution in [3.63, 3.8) is 0 Å². The molecule has 0 unspecified atom stereocenters. The monoisotopic (exact) mass is 337 g/mol. The molecule has 0 atom stereocenters. The number of halogens is 2. The smallest absolute Gasteiger partial charge is 0.141 e. The summed E-state index contributed by atoms with van der Waals surface area (Å²) in [7, 11) is 0. The molecule has 0 aliphatic heterocycles. The molecular formula is C16H17BrFNO. The maximum Gasteiger partial charge on any atom is 0.141 e. The molecule has 0 fully saturated rings. The maximum absolute atomic E-state index is 13.2. The summed E-state index contributed by atoms with van der Waals surface area (Å²) >= 11 is 3.50. The quantitative estimate of drug-likeness (QED) is 0.846. The molecule has 0 saturated heterocycles. The van der Waals surface area contributed by atoms with Crippen LogP contribution in [0.1, 0.15) is 18.1 Å². The first-order valence-corrected chi connectivity index (χ1v) is 7.32. The molecule has 0 heterocycles. The highest BCUT2D eigenvalue weighted by Gasteiger charge is 2.06. The van der Waals surface area contributed by atoms with E-state index in [0.717, 1.165) is 23.3 Å². The third kappa shape index (κ3) is 3.81. The van der Waals surface area contributed by atoms with Crippen molar-refractivity contribution in [2.45, 2.75) is 20.4 Å². The molecule has 0 aromatic heterocycles. The molecule has 2 aromatic rings. The Morgan fingerprint density at radius 2 is 2.00 bits per heavy atom. The Balaban J connectivity index is 2.14. The summed E-state index contributed by atoms with van der Waals surface area (Å²) in [6, 6.07) is 10.7. The number of hydrogen-bond acceptors (Lipinski definition) is 2. The Labute approximate surface area is 127 Å². The number of ether oxygens (including phenoxy) is 1. The van der Waals surface area contributed by atoms with Gasteiger partial charge in [0.2, 0.25) is 0 Å². The lowest BCUT2D eigenvalue weighted by molar-refractivity contribution is 0.476. The Bertz CT molecular complexity index is 601. The summed E-state index contributed by atoms with van der Waals surface area (Å²) in [6.07, 6.45) is 0. The summed E-state index contributed by atoms with van der Waals surface area (Å²) in [5.41, 5.74) is 1.75. The number of aryl methyl sites for hydroxylation is 1. The van der Waals surface area contributed by atoms with Crippen LogP contribution < -0.4 is 10.1 Å². The first-order valence-electron chi connectivity index (χ1n) is 6.53. The van der Waals surface area contributed by atoms with Crippen molar-refractivity contribution in [1.82, 2.24) is 5.32 Å². The van der Waals surface area contributed by atoms with Gasteiger partial charge in [-0.25, -0.2) is 4.39 Å². The van der Waals surface area contributed by atoms with Crippen molar-refractivity contribution in [1.29, 1.82) is 0 Å². The average molecular weight is 338 g/mol. The van der Waals surface area contributed by atoms with Crippen LogP contribution in [0.4, 0.5) is 4.39 Å². The van der Waals surface area contributed by atoms with Crippen LogP contribution in [0.5, 0.6) is 11.5 Å². The van der Waals surface area contributed by atoms with Gasteiger partial charge in [0.25, 0.3) is 0 Å². The molecule has 0 radical (unpaired) electrons. The number of nitrogens with one attached hydrogen (secondary N) is 1. The summed E-state index contributed by atoms with van der Waals surface area (Å²) in [6.45, 7) is 5.55. The first-order chi connectivity index (χ1) is 9.60. The van der Waals surface area contributed by atoms with E-state index in [1.54, 1.807) is 19.1 Å². The van der Waals surface area contributed by atoms with E-state index in [4.69, 9.17) is 4.74 Å². The van der Waals surface area contributed by atoms with Crippen LogP contribution in [0.15, 0.2) is 40.9 Å². The summed E-state index contributed by atoms with van der Waals surface area (Å²) in [5.74, 6) is 1.12. The minimum Gasteiger partial charge on any atom is -0.456 e. The van der Waals surface area contributed by atoms with Gasteiger partial charge in [-0.05, 0) is 70.9 Å². The highest BCUT2D eigenvalue weighted by atomic mass is 79.9. The topological polar surface area (TPSA) is 21.3 Å². The third-order valence-corrected chi connectivity index (χ3v) is 3.55. The fourth-order valence-electron chi connectivity index (χ4n) is 1.81. The van der Waals surface area contributed by atoms with E-state index in [9.17, 15) is 4.39 Å². The van der Waals surface area contributed by atoms with Gasteiger partial charge in [-0.2, -0.15) is 0 Å². The van der Waals surface area contributed by atoms with Gasteiger partial charge in [0.1, 0.15) is 17.3 Å². The second-order valence-corrected chi connectivity index (χ2v) is 5.41. The third-order valence-electron chi connectivity index (χ3n) is 2.93. The van der Waals surface area contributed by atoms with Crippen LogP contribution >= 0.6 is 15.9 Å². The van der Waals surface area contributed by atoms with Crippen LogP contribution in [-0.2, 0) is 6.54 Å². The fraction of sp³-hybridized carbons (Fsp3) is 0.250. The SMILES string of the molecule is CCNCc1ccc(Oc2ccc(F)c(C)c2)c(Br)c1. The van der Waals surface area contributed by atoms with Crippen LogP contribution in [0, 0.1) is 12.7 Å². The highest BCUT2D eigenvalue weighted by Crippen LogP contribution is 2.31. The number of benzene rings is 2. The van der Waals surface area contributed by atoms with E-state index in [2.05, 4.69) is 28.2 Å². The minimum atomic E-state index is -0.225. The zero-order chi connectivity index (χ0) is 14.5. The van der Waals surface area contributed by atoms with Gasteiger partial charge in [-0.15, -0.1) is 0 Å². The zero-order valence-corrected chi connectivity index (χ0v) is 13.1. The van der Waals surface area contributed by atoms with E-state index in [-0.39, 0.29) is 5.82 Å². The number of rotatable bonds is 5. The van der Waals surface area contributed by atoms with Crippen molar-refractivity contribution in [2.24, 2.45) is 0 Å². The molecule has 2 aromatic carbocycles. The second kappa shape index (κ2) is 6.86. The van der Waals surface area contributed by atoms with Crippen LogP contribution in [0.25, 0.3) is 0 Å². The van der Waals surface area contributed by atoms with Gasteiger partial charge < -0.3 is 10.1 Å².